The lowest BCUT2D eigenvalue weighted by atomic mass is 9.92. The molecule has 0 saturated carbocycles. The zero-order chi connectivity index (χ0) is 22.1. The molecule has 11 heteroatoms. The first-order valence-electron chi connectivity index (χ1n) is 9.53. The van der Waals surface area contributed by atoms with Gasteiger partial charge < -0.3 is 5.32 Å². The number of anilines is 1. The molecule has 1 amide bonds. The van der Waals surface area contributed by atoms with Gasteiger partial charge in [0.15, 0.2) is 0 Å². The third-order valence-corrected chi connectivity index (χ3v) is 5.00. The summed E-state index contributed by atoms with van der Waals surface area (Å²) in [5.41, 5.74) is 3.22. The van der Waals surface area contributed by atoms with E-state index in [1.165, 1.54) is 12.1 Å². The van der Waals surface area contributed by atoms with Gasteiger partial charge in [-0.2, -0.15) is 5.21 Å². The van der Waals surface area contributed by atoms with Crippen LogP contribution in [-0.4, -0.2) is 42.2 Å². The van der Waals surface area contributed by atoms with Crippen LogP contribution < -0.4 is 5.32 Å². The number of tetrazole rings is 1. The summed E-state index contributed by atoms with van der Waals surface area (Å²) in [6, 6.07) is 16.8. The molecular formula is C21H14N8O3. The second-order valence-corrected chi connectivity index (χ2v) is 6.95. The maximum Gasteiger partial charge on any atom is 0.271 e. The Labute approximate surface area is 180 Å². The third kappa shape index (κ3) is 3.47. The molecule has 0 spiro atoms. The first-order valence-corrected chi connectivity index (χ1v) is 9.53. The summed E-state index contributed by atoms with van der Waals surface area (Å²) in [7, 11) is 0. The van der Waals surface area contributed by atoms with Crippen molar-refractivity contribution in [3.63, 3.8) is 0 Å². The summed E-state index contributed by atoms with van der Waals surface area (Å²) in [4.78, 5) is 32.6. The van der Waals surface area contributed by atoms with Crippen molar-refractivity contribution in [1.29, 1.82) is 0 Å². The largest absolute Gasteiger partial charge is 0.325 e. The molecule has 5 rings (SSSR count). The summed E-state index contributed by atoms with van der Waals surface area (Å²) >= 11 is 0. The van der Waals surface area contributed by atoms with E-state index in [0.29, 0.717) is 34.2 Å². The van der Waals surface area contributed by atoms with Gasteiger partial charge in [0.2, 0.25) is 11.7 Å². The smallest absolute Gasteiger partial charge is 0.271 e. The van der Waals surface area contributed by atoms with Gasteiger partial charge in [-0.25, -0.2) is 4.99 Å². The Balaban J connectivity index is 1.59. The van der Waals surface area contributed by atoms with Gasteiger partial charge in [0.25, 0.3) is 5.69 Å². The molecule has 3 heterocycles. The van der Waals surface area contributed by atoms with E-state index >= 15 is 0 Å². The fourth-order valence-corrected chi connectivity index (χ4v) is 3.53. The van der Waals surface area contributed by atoms with Crippen LogP contribution >= 0.6 is 0 Å². The number of nitrogens with one attached hydrogen (secondary N) is 2. The molecule has 156 valence electrons. The maximum absolute atomic E-state index is 12.9. The standard InChI is InChI=1S/C21H14N8O3/c30-21-18(15-9-8-14(29(31)32)11-17(15)24-21)19(16-3-1-2-10-22-16)23-13-6-4-12(5-7-13)20-25-27-28-26-20/h1-11,18H,(H,24,30)(H,25,26,27,28). The molecule has 1 atom stereocenters. The van der Waals surface area contributed by atoms with Crippen molar-refractivity contribution in [3.8, 4) is 11.4 Å². The van der Waals surface area contributed by atoms with Gasteiger partial charge in [0.05, 0.1) is 27.7 Å². The fourth-order valence-electron chi connectivity index (χ4n) is 3.53. The zero-order valence-electron chi connectivity index (χ0n) is 16.3. The molecule has 1 aliphatic heterocycles. The van der Waals surface area contributed by atoms with E-state index in [4.69, 9.17) is 4.99 Å². The van der Waals surface area contributed by atoms with Crippen molar-refractivity contribution < 1.29 is 9.72 Å². The number of aromatic nitrogens is 5. The van der Waals surface area contributed by atoms with Crippen LogP contribution in [0.25, 0.3) is 11.4 Å². The van der Waals surface area contributed by atoms with Gasteiger partial charge in [-0.05, 0) is 53.2 Å². The van der Waals surface area contributed by atoms with Crippen molar-refractivity contribution in [2.24, 2.45) is 4.99 Å². The highest BCUT2D eigenvalue weighted by molar-refractivity contribution is 6.23. The van der Waals surface area contributed by atoms with E-state index in [1.807, 2.05) is 0 Å². The van der Waals surface area contributed by atoms with E-state index in [2.05, 4.69) is 30.9 Å². The lowest BCUT2D eigenvalue weighted by molar-refractivity contribution is -0.384. The van der Waals surface area contributed by atoms with Crippen LogP contribution in [0, 0.1) is 10.1 Å². The minimum atomic E-state index is -0.766. The number of nitro benzene ring substituents is 1. The quantitative estimate of drug-likeness (QED) is 0.283. The summed E-state index contributed by atoms with van der Waals surface area (Å²) in [5, 5.41) is 27.7. The van der Waals surface area contributed by atoms with Crippen LogP contribution in [0.1, 0.15) is 17.2 Å². The molecule has 2 N–H and O–H groups in total. The Hall–Kier alpha value is -4.80. The molecule has 1 unspecified atom stereocenters. The molecule has 11 nitrogen and oxygen atoms in total. The van der Waals surface area contributed by atoms with Crippen LogP contribution in [0.2, 0.25) is 0 Å². The molecule has 4 aromatic rings. The van der Waals surface area contributed by atoms with E-state index in [0.717, 1.165) is 5.56 Å². The van der Waals surface area contributed by atoms with Gasteiger partial charge in [-0.1, -0.05) is 6.07 Å². The van der Waals surface area contributed by atoms with Gasteiger partial charge >= 0.3 is 0 Å². The topological polar surface area (TPSA) is 152 Å². The highest BCUT2D eigenvalue weighted by atomic mass is 16.6. The Morgan fingerprint density at radius 1 is 1.09 bits per heavy atom. The average Bonchev–Trinajstić information content (AvgIpc) is 3.46. The number of rotatable bonds is 5. The van der Waals surface area contributed by atoms with Gasteiger partial charge in [0.1, 0.15) is 5.92 Å². The number of benzene rings is 2. The van der Waals surface area contributed by atoms with Crippen LogP contribution in [0.5, 0.6) is 0 Å². The van der Waals surface area contributed by atoms with Crippen molar-refractivity contribution >= 4 is 28.7 Å². The second-order valence-electron chi connectivity index (χ2n) is 6.95. The Morgan fingerprint density at radius 3 is 2.62 bits per heavy atom. The maximum atomic E-state index is 12.9. The number of non-ortho nitro benzene ring substituents is 1. The summed E-state index contributed by atoms with van der Waals surface area (Å²) in [5.74, 6) is -0.637. The molecule has 0 fully saturated rings. The third-order valence-electron chi connectivity index (χ3n) is 5.00. The van der Waals surface area contributed by atoms with E-state index in [-0.39, 0.29) is 11.6 Å². The lowest BCUT2D eigenvalue weighted by Gasteiger charge is -2.13. The first-order chi connectivity index (χ1) is 15.6. The highest BCUT2D eigenvalue weighted by Crippen LogP contribution is 2.38. The Kier molecular flexibility index (Phi) is 4.67. The summed E-state index contributed by atoms with van der Waals surface area (Å²) in [6.07, 6.45) is 1.62. The average molecular weight is 426 g/mol. The predicted molar refractivity (Wildman–Crippen MR) is 115 cm³/mol. The van der Waals surface area contributed by atoms with Crippen molar-refractivity contribution in [3.05, 3.63) is 88.2 Å². The van der Waals surface area contributed by atoms with Crippen LogP contribution in [0.4, 0.5) is 17.1 Å². The summed E-state index contributed by atoms with van der Waals surface area (Å²) < 4.78 is 0. The van der Waals surface area contributed by atoms with Crippen molar-refractivity contribution in [2.75, 3.05) is 5.32 Å². The van der Waals surface area contributed by atoms with Gasteiger partial charge in [0, 0.05) is 23.9 Å². The van der Waals surface area contributed by atoms with Crippen LogP contribution in [0.15, 0.2) is 71.9 Å². The number of nitro groups is 1. The number of fused-ring (bicyclic) bond motifs is 1. The van der Waals surface area contributed by atoms with E-state index in [1.54, 1.807) is 54.7 Å². The van der Waals surface area contributed by atoms with Crippen molar-refractivity contribution in [2.45, 2.75) is 5.92 Å². The fraction of sp³-hybridized carbons (Fsp3) is 0.0476. The Morgan fingerprint density at radius 2 is 1.94 bits per heavy atom. The SMILES string of the molecule is O=C1Nc2cc([N+](=O)[O-])ccc2C1C(=Nc1ccc(-c2nn[nH]n2)cc1)c1ccccn1. The zero-order valence-corrected chi connectivity index (χ0v) is 16.3. The first kappa shape index (κ1) is 19.2. The number of pyridine rings is 1. The predicted octanol–water partition coefficient (Wildman–Crippen LogP) is 3.03. The molecule has 0 radical (unpaired) electrons. The lowest BCUT2D eigenvalue weighted by Crippen LogP contribution is -2.22. The van der Waals surface area contributed by atoms with Crippen LogP contribution in [-0.2, 0) is 4.79 Å². The molecule has 2 aromatic carbocycles. The number of nitrogens with zero attached hydrogens (tertiary/aromatic N) is 6. The highest BCUT2D eigenvalue weighted by Gasteiger charge is 2.36. The molecule has 2 aromatic heterocycles. The minimum Gasteiger partial charge on any atom is -0.325 e. The van der Waals surface area contributed by atoms with Gasteiger partial charge in [-0.15, -0.1) is 10.2 Å². The number of amides is 1. The van der Waals surface area contributed by atoms with E-state index < -0.39 is 10.8 Å². The molecule has 1 aliphatic rings. The Bertz CT molecular complexity index is 1340. The molecule has 32 heavy (non-hydrogen) atoms. The number of hydrogen-bond acceptors (Lipinski definition) is 8. The number of H-pyrrole nitrogens is 1. The molecular weight excluding hydrogens is 412 g/mol. The molecule has 0 aliphatic carbocycles. The molecule has 0 bridgehead atoms. The molecule has 0 saturated heterocycles. The van der Waals surface area contributed by atoms with Crippen LogP contribution in [0.3, 0.4) is 0 Å². The normalized spacial score (nSPS) is 15.3. The summed E-state index contributed by atoms with van der Waals surface area (Å²) in [6.45, 7) is 0. The number of aromatic amines is 1. The van der Waals surface area contributed by atoms with E-state index in [9.17, 15) is 14.9 Å². The number of carbonyl (C=O) groups excluding carboxylic acids is 1. The van der Waals surface area contributed by atoms with Crippen molar-refractivity contribution in [1.82, 2.24) is 25.6 Å². The number of carbonyl (C=O) groups is 1. The van der Waals surface area contributed by atoms with Gasteiger partial charge in [-0.3, -0.25) is 19.9 Å². The minimum absolute atomic E-state index is 0.0990. The monoisotopic (exact) mass is 426 g/mol. The second kappa shape index (κ2) is 7.80. The number of hydrogen-bond donors (Lipinski definition) is 2. The number of aliphatic imine (C=N–C) groups is 1.